The molecule has 0 heterocycles. The first-order chi connectivity index (χ1) is 16.3. The van der Waals surface area contributed by atoms with Crippen LogP contribution in [0.15, 0.2) is 83.4 Å². The molecule has 0 amide bonds. The lowest BCUT2D eigenvalue weighted by molar-refractivity contribution is 0.847. The number of benzene rings is 3. The van der Waals surface area contributed by atoms with E-state index in [4.69, 9.17) is 0 Å². The van der Waals surface area contributed by atoms with Crippen LogP contribution in [0.3, 0.4) is 0 Å². The molecule has 0 saturated carbocycles. The minimum Gasteiger partial charge on any atom is -0.0656 e. The van der Waals surface area contributed by atoms with Crippen molar-refractivity contribution >= 4 is 36.9 Å². The Bertz CT molecular complexity index is 1300. The minimum absolute atomic E-state index is 0.191. The van der Waals surface area contributed by atoms with Crippen molar-refractivity contribution < 1.29 is 0 Å². The number of aryl methyl sites for hydroxylation is 3. The molecule has 0 N–H and O–H groups in total. The largest absolute Gasteiger partial charge is 0.162 e. The number of hydrogen-bond donors (Lipinski definition) is 0. The molecule has 3 aromatic carbocycles. The molecule has 0 nitrogen and oxygen atoms in total. The van der Waals surface area contributed by atoms with Crippen LogP contribution in [-0.2, 0) is 0 Å². The van der Waals surface area contributed by atoms with Gasteiger partial charge >= 0.3 is 0 Å². The third-order valence-electron chi connectivity index (χ3n) is 8.54. The minimum atomic E-state index is -2.66. The van der Waals surface area contributed by atoms with E-state index in [9.17, 15) is 0 Å². The highest BCUT2D eigenvalue weighted by Gasteiger charge is 2.57. The monoisotopic (exact) mass is 493 g/mol. The molecule has 0 spiro atoms. The Morgan fingerprint density at radius 3 is 1.57 bits per heavy atom. The maximum atomic E-state index is 4.11. The van der Waals surface area contributed by atoms with Crippen molar-refractivity contribution in [2.45, 2.75) is 73.1 Å². The van der Waals surface area contributed by atoms with Crippen LogP contribution in [0.5, 0.6) is 0 Å². The van der Waals surface area contributed by atoms with Gasteiger partial charge in [0.25, 0.3) is 0 Å². The molecule has 0 fully saturated rings. The van der Waals surface area contributed by atoms with E-state index in [0.29, 0.717) is 0 Å². The van der Waals surface area contributed by atoms with Crippen LogP contribution in [0.2, 0.25) is 24.7 Å². The fourth-order valence-corrected chi connectivity index (χ4v) is 14.2. The Balaban J connectivity index is 2.31. The number of rotatable bonds is 5. The lowest BCUT2D eigenvalue weighted by Gasteiger charge is -2.48. The van der Waals surface area contributed by atoms with Gasteiger partial charge in [-0.25, -0.2) is 0 Å². The first kappa shape index (κ1) is 25.7. The lowest BCUT2D eigenvalue weighted by atomic mass is 10.0. The van der Waals surface area contributed by atoms with Crippen LogP contribution in [-0.4, -0.2) is 16.1 Å². The molecular formula is C33H41Si2. The van der Waals surface area contributed by atoms with Gasteiger partial charge in [0, 0.05) is 5.04 Å². The third kappa shape index (κ3) is 3.95. The Hall–Kier alpha value is -2.43. The topological polar surface area (TPSA) is 0 Å². The summed E-state index contributed by atoms with van der Waals surface area (Å²) in [5.41, 5.74) is 8.34. The van der Waals surface area contributed by atoms with Crippen LogP contribution in [0.25, 0.3) is 0 Å². The van der Waals surface area contributed by atoms with Crippen molar-refractivity contribution in [1.29, 1.82) is 0 Å². The van der Waals surface area contributed by atoms with Gasteiger partial charge in [0.05, 0.1) is 8.07 Å². The second-order valence-corrected chi connectivity index (χ2v) is 21.1. The van der Waals surface area contributed by atoms with E-state index in [1.54, 1.807) is 5.19 Å². The standard InChI is InChI=1S/C33H41Si2/c1-23-19-29(34(8,9)10)21-30(20-23)35(31-17-13-11-15-24(31)2,32-18-14-12-16-25(32)3)33(7)22-26(4)27(5)28(33)6/h11-21H,1-10H3. The fraction of sp³-hybridized carbons (Fsp3) is 0.333. The van der Waals surface area contributed by atoms with Gasteiger partial charge in [-0.1, -0.05) is 121 Å². The van der Waals surface area contributed by atoms with Gasteiger partial charge in [0.1, 0.15) is 0 Å². The smallest absolute Gasteiger partial charge is 0.0656 e. The summed E-state index contributed by atoms with van der Waals surface area (Å²) in [5.74, 6) is 0. The molecule has 0 aliphatic heterocycles. The first-order valence-corrected chi connectivity index (χ1v) is 18.4. The van der Waals surface area contributed by atoms with Crippen LogP contribution in [0.1, 0.15) is 44.4 Å². The fourth-order valence-electron chi connectivity index (χ4n) is 6.30. The second-order valence-electron chi connectivity index (χ2n) is 11.8. The first-order valence-electron chi connectivity index (χ1n) is 12.9. The van der Waals surface area contributed by atoms with E-state index in [-0.39, 0.29) is 5.04 Å². The van der Waals surface area contributed by atoms with Gasteiger partial charge in [-0.2, -0.15) is 0 Å². The van der Waals surface area contributed by atoms with Crippen molar-refractivity contribution in [3.63, 3.8) is 0 Å². The summed E-state index contributed by atoms with van der Waals surface area (Å²) in [6, 6.07) is 25.9. The molecule has 4 rings (SSSR count). The molecule has 35 heavy (non-hydrogen) atoms. The highest BCUT2D eigenvalue weighted by Crippen LogP contribution is 2.52. The van der Waals surface area contributed by atoms with E-state index in [1.807, 2.05) is 0 Å². The molecule has 181 valence electrons. The molecule has 1 aliphatic rings. The Morgan fingerprint density at radius 1 is 0.657 bits per heavy atom. The molecule has 0 aromatic heterocycles. The van der Waals surface area contributed by atoms with Gasteiger partial charge in [-0.3, -0.25) is 0 Å². The molecule has 2 heteroatoms. The quantitative estimate of drug-likeness (QED) is 0.282. The third-order valence-corrected chi connectivity index (χ3v) is 16.5. The molecule has 3 aromatic rings. The number of hydrogen-bond acceptors (Lipinski definition) is 0. The van der Waals surface area contributed by atoms with Crippen molar-refractivity contribution in [2.24, 2.45) is 0 Å². The highest BCUT2D eigenvalue weighted by atomic mass is 28.3. The molecule has 1 radical (unpaired) electrons. The maximum absolute atomic E-state index is 4.11. The van der Waals surface area contributed by atoms with Gasteiger partial charge in [-0.15, -0.1) is 0 Å². The molecular weight excluding hydrogens is 453 g/mol. The van der Waals surface area contributed by atoms with Gasteiger partial charge in [-0.05, 0) is 74.3 Å². The summed E-state index contributed by atoms with van der Waals surface area (Å²) >= 11 is 0. The average Bonchev–Trinajstić information content (AvgIpc) is 2.99. The van der Waals surface area contributed by atoms with Crippen molar-refractivity contribution in [3.05, 3.63) is 106 Å². The summed E-state index contributed by atoms with van der Waals surface area (Å²) in [5, 5.41) is 5.91. The SMILES string of the molecule is CC1=[C]C(C)([Si](c2cc(C)cc([Si](C)(C)C)c2)(c2ccccc2C)c2ccccc2C)C(C)=C1C. The Labute approximate surface area is 215 Å². The van der Waals surface area contributed by atoms with Crippen molar-refractivity contribution in [2.75, 3.05) is 0 Å². The summed E-state index contributed by atoms with van der Waals surface area (Å²) in [4.78, 5) is 0. The normalized spacial score (nSPS) is 18.7. The van der Waals surface area contributed by atoms with Gasteiger partial charge in [0.15, 0.2) is 8.07 Å². The number of allylic oxidation sites excluding steroid dienone is 4. The second kappa shape index (κ2) is 8.90. The van der Waals surface area contributed by atoms with Crippen LogP contribution in [0.4, 0.5) is 0 Å². The van der Waals surface area contributed by atoms with Crippen LogP contribution in [0, 0.1) is 26.8 Å². The maximum Gasteiger partial charge on any atom is 0.162 e. The van der Waals surface area contributed by atoms with Crippen molar-refractivity contribution in [3.8, 4) is 0 Å². The molecule has 0 saturated heterocycles. The summed E-state index contributed by atoms with van der Waals surface area (Å²) in [6.07, 6.45) is 4.11. The zero-order valence-corrected chi connectivity index (χ0v) is 25.4. The van der Waals surface area contributed by atoms with Gasteiger partial charge < -0.3 is 0 Å². The molecule has 1 unspecified atom stereocenters. The summed E-state index contributed by atoms with van der Waals surface area (Å²) in [7, 11) is -4.19. The zero-order chi connectivity index (χ0) is 25.8. The van der Waals surface area contributed by atoms with E-state index in [0.717, 1.165) is 0 Å². The van der Waals surface area contributed by atoms with Crippen molar-refractivity contribution in [1.82, 2.24) is 0 Å². The Kier molecular flexibility index (Phi) is 6.53. The zero-order valence-electron chi connectivity index (χ0n) is 23.4. The highest BCUT2D eigenvalue weighted by molar-refractivity contribution is 7.14. The average molecular weight is 494 g/mol. The van der Waals surface area contributed by atoms with Gasteiger partial charge in [0.2, 0.25) is 0 Å². The molecule has 1 aliphatic carbocycles. The van der Waals surface area contributed by atoms with Crippen LogP contribution >= 0.6 is 0 Å². The molecule has 0 bridgehead atoms. The molecule has 1 atom stereocenters. The van der Waals surface area contributed by atoms with E-state index >= 15 is 0 Å². The summed E-state index contributed by atoms with van der Waals surface area (Å²) in [6.45, 7) is 23.7. The predicted molar refractivity (Wildman–Crippen MR) is 160 cm³/mol. The lowest BCUT2D eigenvalue weighted by Crippen LogP contribution is -2.74. The Morgan fingerprint density at radius 2 is 1.14 bits per heavy atom. The van der Waals surface area contributed by atoms with E-state index < -0.39 is 16.1 Å². The van der Waals surface area contributed by atoms with E-state index in [1.165, 1.54) is 49.0 Å². The van der Waals surface area contributed by atoms with Crippen LogP contribution < -0.4 is 20.7 Å². The predicted octanol–water partition coefficient (Wildman–Crippen LogP) is 6.49. The summed E-state index contributed by atoms with van der Waals surface area (Å²) < 4.78 is 0. The van der Waals surface area contributed by atoms with E-state index in [2.05, 4.69) is 141 Å².